The Morgan fingerprint density at radius 3 is 2.38 bits per heavy atom. The average molecular weight is 302 g/mol. The van der Waals surface area contributed by atoms with Crippen LogP contribution in [0.5, 0.6) is 0 Å². The monoisotopic (exact) mass is 301 g/mol. The molecule has 2 rings (SSSR count). The zero-order chi connectivity index (χ0) is 15.4. The van der Waals surface area contributed by atoms with Crippen molar-refractivity contribution in [2.75, 3.05) is 0 Å². The number of aryl methyl sites for hydroxylation is 1. The lowest BCUT2D eigenvalue weighted by molar-refractivity contribution is -0.117. The van der Waals surface area contributed by atoms with E-state index in [0.717, 1.165) is 11.1 Å². The van der Waals surface area contributed by atoms with Crippen LogP contribution in [0.2, 0.25) is 5.02 Å². The van der Waals surface area contributed by atoms with Crippen molar-refractivity contribution in [3.05, 3.63) is 70.2 Å². The number of carbonyl (C=O) groups is 2. The minimum Gasteiger partial charge on any atom is -0.343 e. The lowest BCUT2D eigenvalue weighted by atomic mass is 10.1. The second kappa shape index (κ2) is 6.55. The fourth-order valence-corrected chi connectivity index (χ4v) is 2.16. The molecule has 0 aliphatic rings. The van der Waals surface area contributed by atoms with Crippen LogP contribution in [-0.2, 0) is 4.79 Å². The van der Waals surface area contributed by atoms with Crippen LogP contribution in [0.1, 0.15) is 34.5 Å². The molecule has 108 valence electrons. The zero-order valence-corrected chi connectivity index (χ0v) is 12.6. The molecule has 2 aromatic carbocycles. The summed E-state index contributed by atoms with van der Waals surface area (Å²) in [5.74, 6) is -1.16. The van der Waals surface area contributed by atoms with Gasteiger partial charge < -0.3 is 5.32 Å². The summed E-state index contributed by atoms with van der Waals surface area (Å²) in [6.07, 6.45) is 0. The summed E-state index contributed by atoms with van der Waals surface area (Å²) in [5.41, 5.74) is 2.28. The first-order chi connectivity index (χ1) is 9.97. The summed E-state index contributed by atoms with van der Waals surface area (Å²) < 4.78 is 0. The van der Waals surface area contributed by atoms with Crippen molar-refractivity contribution < 1.29 is 9.59 Å². The van der Waals surface area contributed by atoms with Crippen LogP contribution in [0.3, 0.4) is 0 Å². The third-order valence-corrected chi connectivity index (χ3v) is 3.45. The number of nitrogens with one attached hydrogen (secondary N) is 1. The number of amides is 1. The Morgan fingerprint density at radius 1 is 1.10 bits per heavy atom. The minimum atomic E-state index is -0.619. The molecule has 2 aromatic rings. The van der Waals surface area contributed by atoms with Crippen LogP contribution < -0.4 is 5.32 Å². The lowest BCUT2D eigenvalue weighted by Crippen LogP contribution is -2.33. The number of hydrogen-bond acceptors (Lipinski definition) is 2. The minimum absolute atomic E-state index is 0.286. The Kier molecular flexibility index (Phi) is 4.76. The van der Waals surface area contributed by atoms with E-state index in [-0.39, 0.29) is 6.04 Å². The van der Waals surface area contributed by atoms with Crippen molar-refractivity contribution >= 4 is 23.3 Å². The van der Waals surface area contributed by atoms with E-state index in [4.69, 9.17) is 11.6 Å². The van der Waals surface area contributed by atoms with Crippen LogP contribution in [0.25, 0.3) is 0 Å². The molecule has 4 heteroatoms. The molecule has 0 saturated carbocycles. The van der Waals surface area contributed by atoms with Gasteiger partial charge in [-0.25, -0.2) is 0 Å². The van der Waals surface area contributed by atoms with Crippen molar-refractivity contribution in [1.29, 1.82) is 0 Å². The Hall–Kier alpha value is -2.13. The molecule has 0 aliphatic carbocycles. The summed E-state index contributed by atoms with van der Waals surface area (Å²) in [6.45, 7) is 3.74. The van der Waals surface area contributed by atoms with Crippen LogP contribution in [0.15, 0.2) is 48.5 Å². The number of hydrogen-bond donors (Lipinski definition) is 1. The Balaban J connectivity index is 2.07. The summed E-state index contributed by atoms with van der Waals surface area (Å²) in [4.78, 5) is 24.1. The summed E-state index contributed by atoms with van der Waals surface area (Å²) in [6, 6.07) is 13.8. The standard InChI is InChI=1S/C17H16ClNO2/c1-11-6-8-13(9-7-11)16(20)17(21)19-12(2)14-4-3-5-15(18)10-14/h3-10,12H,1-2H3,(H,19,21). The highest BCUT2D eigenvalue weighted by Crippen LogP contribution is 2.17. The Labute approximate surface area is 128 Å². The molecule has 1 unspecified atom stereocenters. The third-order valence-electron chi connectivity index (χ3n) is 3.22. The molecule has 0 bridgehead atoms. The average Bonchev–Trinajstić information content (AvgIpc) is 2.47. The summed E-state index contributed by atoms with van der Waals surface area (Å²) in [5, 5.41) is 3.28. The number of rotatable bonds is 4. The van der Waals surface area contributed by atoms with Gasteiger partial charge in [0.1, 0.15) is 0 Å². The van der Waals surface area contributed by atoms with Gasteiger partial charge in [0.15, 0.2) is 0 Å². The summed E-state index contributed by atoms with van der Waals surface area (Å²) in [7, 11) is 0. The van der Waals surface area contributed by atoms with Gasteiger partial charge in [-0.3, -0.25) is 9.59 Å². The predicted octanol–water partition coefficient (Wildman–Crippen LogP) is 3.71. The first-order valence-corrected chi connectivity index (χ1v) is 7.02. The molecule has 0 saturated heterocycles. The number of ketones is 1. The molecule has 0 radical (unpaired) electrons. The van der Waals surface area contributed by atoms with Gasteiger partial charge in [-0.15, -0.1) is 0 Å². The van der Waals surface area contributed by atoms with Gasteiger partial charge in [0.05, 0.1) is 6.04 Å². The van der Waals surface area contributed by atoms with Crippen molar-refractivity contribution in [3.8, 4) is 0 Å². The summed E-state index contributed by atoms with van der Waals surface area (Å²) >= 11 is 5.92. The topological polar surface area (TPSA) is 46.2 Å². The molecule has 0 fully saturated rings. The van der Waals surface area contributed by atoms with E-state index < -0.39 is 11.7 Å². The van der Waals surface area contributed by atoms with Gasteiger partial charge in [-0.2, -0.15) is 0 Å². The van der Waals surface area contributed by atoms with Crippen molar-refractivity contribution in [2.45, 2.75) is 19.9 Å². The second-order valence-corrected chi connectivity index (χ2v) is 5.38. The van der Waals surface area contributed by atoms with E-state index in [9.17, 15) is 9.59 Å². The molecule has 0 aromatic heterocycles. The smallest absolute Gasteiger partial charge is 0.292 e. The molecule has 1 atom stereocenters. The first-order valence-electron chi connectivity index (χ1n) is 6.64. The van der Waals surface area contributed by atoms with Gasteiger partial charge in [0.25, 0.3) is 5.91 Å². The van der Waals surface area contributed by atoms with E-state index >= 15 is 0 Å². The molecular weight excluding hydrogens is 286 g/mol. The van der Waals surface area contributed by atoms with E-state index in [2.05, 4.69) is 5.32 Å². The highest BCUT2D eigenvalue weighted by molar-refractivity contribution is 6.42. The Morgan fingerprint density at radius 2 is 1.76 bits per heavy atom. The Bertz CT molecular complexity index is 665. The molecule has 3 nitrogen and oxygen atoms in total. The van der Waals surface area contributed by atoms with E-state index in [1.807, 2.05) is 26.0 Å². The maximum absolute atomic E-state index is 12.1. The zero-order valence-electron chi connectivity index (χ0n) is 11.9. The van der Waals surface area contributed by atoms with Crippen LogP contribution >= 0.6 is 11.6 Å². The fraction of sp³-hybridized carbons (Fsp3) is 0.176. The molecule has 0 spiro atoms. The number of halogens is 1. The molecular formula is C17H16ClNO2. The maximum atomic E-state index is 12.1. The highest BCUT2D eigenvalue weighted by atomic mass is 35.5. The molecule has 1 N–H and O–H groups in total. The molecule has 0 heterocycles. The molecule has 0 aliphatic heterocycles. The van der Waals surface area contributed by atoms with Crippen molar-refractivity contribution in [1.82, 2.24) is 5.32 Å². The largest absolute Gasteiger partial charge is 0.343 e. The van der Waals surface area contributed by atoms with Crippen molar-refractivity contribution in [3.63, 3.8) is 0 Å². The second-order valence-electron chi connectivity index (χ2n) is 4.95. The SMILES string of the molecule is Cc1ccc(C(=O)C(=O)NC(C)c2cccc(Cl)c2)cc1. The van der Waals surface area contributed by atoms with Gasteiger partial charge in [-0.1, -0.05) is 53.6 Å². The fourth-order valence-electron chi connectivity index (χ4n) is 1.96. The van der Waals surface area contributed by atoms with Crippen LogP contribution in [-0.4, -0.2) is 11.7 Å². The van der Waals surface area contributed by atoms with Gasteiger partial charge in [0.2, 0.25) is 5.78 Å². The van der Waals surface area contributed by atoms with Gasteiger partial charge in [0, 0.05) is 10.6 Å². The first kappa shape index (κ1) is 15.3. The number of carbonyl (C=O) groups excluding carboxylic acids is 2. The third kappa shape index (κ3) is 3.92. The van der Waals surface area contributed by atoms with Gasteiger partial charge >= 0.3 is 0 Å². The van der Waals surface area contributed by atoms with Crippen LogP contribution in [0.4, 0.5) is 0 Å². The van der Waals surface area contributed by atoms with E-state index in [1.165, 1.54) is 0 Å². The van der Waals surface area contributed by atoms with E-state index in [0.29, 0.717) is 10.6 Å². The quantitative estimate of drug-likeness (QED) is 0.691. The number of Topliss-reactive ketones (excluding diaryl/α,β-unsaturated/α-hetero) is 1. The van der Waals surface area contributed by atoms with Gasteiger partial charge in [-0.05, 0) is 31.5 Å². The van der Waals surface area contributed by atoms with Crippen molar-refractivity contribution in [2.24, 2.45) is 0 Å². The normalized spacial score (nSPS) is 11.8. The van der Waals surface area contributed by atoms with E-state index in [1.54, 1.807) is 36.4 Å². The van der Waals surface area contributed by atoms with Crippen LogP contribution in [0, 0.1) is 6.92 Å². The maximum Gasteiger partial charge on any atom is 0.292 e. The molecule has 1 amide bonds. The predicted molar refractivity (Wildman–Crippen MR) is 83.5 cm³/mol. The highest BCUT2D eigenvalue weighted by Gasteiger charge is 2.18. The molecule has 21 heavy (non-hydrogen) atoms. The number of benzene rings is 2. The lowest BCUT2D eigenvalue weighted by Gasteiger charge is -2.14.